The molecule has 1 aliphatic heterocycles. The normalized spacial score (nSPS) is 13.8. The molecule has 3 nitrogen and oxygen atoms in total. The minimum Gasteiger partial charge on any atom is -0.268 e. The molecule has 106 valence electrons. The van der Waals surface area contributed by atoms with Crippen molar-refractivity contribution in [2.45, 2.75) is 6.92 Å². The molecule has 0 fully saturated rings. The summed E-state index contributed by atoms with van der Waals surface area (Å²) in [5, 5.41) is -0.000480. The number of fused-ring (bicyclic) bond motifs is 1. The zero-order valence-electron chi connectivity index (χ0n) is 10.8. The minimum atomic E-state index is -0.507. The highest BCUT2D eigenvalue weighted by molar-refractivity contribution is 9.10. The van der Waals surface area contributed by atoms with Crippen LogP contribution in [0, 0.1) is 12.7 Å². The van der Waals surface area contributed by atoms with Gasteiger partial charge in [-0.25, -0.2) is 9.29 Å². The second kappa shape index (κ2) is 4.93. The minimum absolute atomic E-state index is 0.000480. The molecule has 0 spiro atoms. The molecule has 0 saturated carbocycles. The number of nitrogens with zero attached hydrogens (tertiary/aromatic N) is 1. The highest BCUT2D eigenvalue weighted by atomic mass is 79.9. The van der Waals surface area contributed by atoms with Crippen molar-refractivity contribution in [3.8, 4) is 0 Å². The fraction of sp³-hybridized carbons (Fsp3) is 0.0667. The van der Waals surface area contributed by atoms with Gasteiger partial charge in [0.05, 0.1) is 21.8 Å². The van der Waals surface area contributed by atoms with E-state index < -0.39 is 17.6 Å². The summed E-state index contributed by atoms with van der Waals surface area (Å²) in [6.07, 6.45) is 0. The van der Waals surface area contributed by atoms with Gasteiger partial charge < -0.3 is 0 Å². The van der Waals surface area contributed by atoms with Crippen LogP contribution in [0.3, 0.4) is 0 Å². The number of rotatable bonds is 1. The van der Waals surface area contributed by atoms with Gasteiger partial charge in [-0.3, -0.25) is 9.59 Å². The first kappa shape index (κ1) is 14.2. The van der Waals surface area contributed by atoms with Crippen LogP contribution in [-0.2, 0) is 0 Å². The lowest BCUT2D eigenvalue weighted by atomic mass is 10.1. The van der Waals surface area contributed by atoms with E-state index in [0.29, 0.717) is 15.6 Å². The van der Waals surface area contributed by atoms with Gasteiger partial charge in [-0.2, -0.15) is 0 Å². The predicted octanol–water partition coefficient (Wildman–Crippen LogP) is 4.35. The highest BCUT2D eigenvalue weighted by Gasteiger charge is 2.38. The summed E-state index contributed by atoms with van der Waals surface area (Å²) in [5.74, 6) is -1.44. The van der Waals surface area contributed by atoms with E-state index in [0.717, 1.165) is 11.0 Å². The van der Waals surface area contributed by atoms with Gasteiger partial charge in [-0.15, -0.1) is 0 Å². The summed E-state index contributed by atoms with van der Waals surface area (Å²) in [6.45, 7) is 1.54. The van der Waals surface area contributed by atoms with Crippen molar-refractivity contribution in [1.29, 1.82) is 0 Å². The van der Waals surface area contributed by atoms with Gasteiger partial charge in [-0.05, 0) is 41.1 Å². The van der Waals surface area contributed by atoms with Gasteiger partial charge in [0.25, 0.3) is 11.8 Å². The molecule has 1 heterocycles. The molecule has 3 rings (SSSR count). The number of carbonyl (C=O) groups excluding carboxylic acids is 2. The number of amides is 2. The summed E-state index contributed by atoms with van der Waals surface area (Å²) >= 11 is 9.27. The highest BCUT2D eigenvalue weighted by Crippen LogP contribution is 2.41. The molecule has 21 heavy (non-hydrogen) atoms. The van der Waals surface area contributed by atoms with Crippen molar-refractivity contribution in [2.24, 2.45) is 0 Å². The molecule has 0 unspecified atom stereocenters. The van der Waals surface area contributed by atoms with E-state index in [2.05, 4.69) is 15.9 Å². The maximum atomic E-state index is 13.7. The van der Waals surface area contributed by atoms with Crippen LogP contribution >= 0.6 is 27.5 Å². The van der Waals surface area contributed by atoms with Crippen LogP contribution in [-0.4, -0.2) is 11.8 Å². The molecule has 2 aromatic rings. The van der Waals surface area contributed by atoms with Crippen LogP contribution in [0.4, 0.5) is 10.1 Å². The van der Waals surface area contributed by atoms with Crippen molar-refractivity contribution in [2.75, 3.05) is 4.90 Å². The average Bonchev–Trinajstić information content (AvgIpc) is 2.71. The lowest BCUT2D eigenvalue weighted by Crippen LogP contribution is -2.30. The lowest BCUT2D eigenvalue weighted by Gasteiger charge is -2.19. The molecular formula is C15H8BrClFNO2. The SMILES string of the molecule is Cc1c(F)cc(Cl)c(N2C(=O)c3ccccc3C2=O)c1Br. The zero-order chi connectivity index (χ0) is 15.3. The van der Waals surface area contributed by atoms with Gasteiger partial charge in [0, 0.05) is 10.0 Å². The molecule has 0 saturated heterocycles. The smallest absolute Gasteiger partial charge is 0.266 e. The molecule has 2 amide bonds. The Hall–Kier alpha value is -1.72. The van der Waals surface area contributed by atoms with Crippen molar-refractivity contribution in [3.05, 3.63) is 62.3 Å². The van der Waals surface area contributed by atoms with E-state index in [1.165, 1.54) is 6.92 Å². The molecule has 0 radical (unpaired) electrons. The number of imide groups is 1. The second-order valence-corrected chi connectivity index (χ2v) is 5.82. The Morgan fingerprint density at radius 2 is 1.67 bits per heavy atom. The maximum Gasteiger partial charge on any atom is 0.266 e. The molecule has 0 aliphatic carbocycles. The molecule has 1 aliphatic rings. The Kier molecular flexibility index (Phi) is 3.34. The monoisotopic (exact) mass is 367 g/mol. The van der Waals surface area contributed by atoms with Crippen molar-refractivity contribution >= 4 is 45.0 Å². The number of anilines is 1. The first-order valence-corrected chi connectivity index (χ1v) is 7.22. The largest absolute Gasteiger partial charge is 0.268 e. The van der Waals surface area contributed by atoms with Crippen molar-refractivity contribution in [1.82, 2.24) is 0 Å². The van der Waals surface area contributed by atoms with Gasteiger partial charge in [0.15, 0.2) is 0 Å². The van der Waals surface area contributed by atoms with Crippen LogP contribution in [0.2, 0.25) is 5.02 Å². The van der Waals surface area contributed by atoms with Crippen molar-refractivity contribution < 1.29 is 14.0 Å². The Morgan fingerprint density at radius 3 is 2.19 bits per heavy atom. The van der Waals surface area contributed by atoms with E-state index >= 15 is 0 Å². The first-order chi connectivity index (χ1) is 9.93. The third-order valence-electron chi connectivity index (χ3n) is 3.39. The Balaban J connectivity index is 2.23. The summed E-state index contributed by atoms with van der Waals surface area (Å²) in [5.41, 5.74) is 1.08. The van der Waals surface area contributed by atoms with Gasteiger partial charge in [0.2, 0.25) is 0 Å². The summed E-state index contributed by atoms with van der Waals surface area (Å²) in [7, 11) is 0. The molecule has 0 atom stereocenters. The number of benzene rings is 2. The van der Waals surface area contributed by atoms with Crippen LogP contribution < -0.4 is 4.90 Å². The summed E-state index contributed by atoms with van der Waals surface area (Å²) in [6, 6.07) is 7.61. The zero-order valence-corrected chi connectivity index (χ0v) is 13.1. The molecule has 0 N–H and O–H groups in total. The summed E-state index contributed by atoms with van der Waals surface area (Å²) < 4.78 is 14.0. The van der Waals surface area contributed by atoms with Crippen LogP contribution in [0.1, 0.15) is 26.3 Å². The van der Waals surface area contributed by atoms with Gasteiger partial charge in [-0.1, -0.05) is 23.7 Å². The molecule has 0 bridgehead atoms. The lowest BCUT2D eigenvalue weighted by molar-refractivity contribution is 0.0926. The van der Waals surface area contributed by atoms with Crippen LogP contribution in [0.5, 0.6) is 0 Å². The standard InChI is InChI=1S/C15H8BrClFNO2/c1-7-11(18)6-10(17)13(12(7)16)19-14(20)8-4-2-3-5-9(8)15(19)21/h2-6H,1H3. The predicted molar refractivity (Wildman–Crippen MR) is 81.4 cm³/mol. The molecule has 6 heteroatoms. The third-order valence-corrected chi connectivity index (χ3v) is 4.65. The fourth-order valence-corrected chi connectivity index (χ4v) is 3.24. The van der Waals surface area contributed by atoms with Crippen LogP contribution in [0.15, 0.2) is 34.8 Å². The Labute approximate surface area is 133 Å². The second-order valence-electron chi connectivity index (χ2n) is 4.62. The first-order valence-electron chi connectivity index (χ1n) is 6.05. The van der Waals surface area contributed by atoms with Gasteiger partial charge >= 0.3 is 0 Å². The summed E-state index contributed by atoms with van der Waals surface area (Å²) in [4.78, 5) is 25.9. The molecular weight excluding hydrogens is 361 g/mol. The topological polar surface area (TPSA) is 37.4 Å². The Morgan fingerprint density at radius 1 is 1.14 bits per heavy atom. The Bertz CT molecular complexity index is 772. The third kappa shape index (κ3) is 2.00. The molecule has 0 aromatic heterocycles. The average molecular weight is 369 g/mol. The number of hydrogen-bond donors (Lipinski definition) is 0. The number of carbonyl (C=O) groups is 2. The van der Waals surface area contributed by atoms with Crippen LogP contribution in [0.25, 0.3) is 0 Å². The van der Waals surface area contributed by atoms with E-state index in [-0.39, 0.29) is 16.3 Å². The number of hydrogen-bond acceptors (Lipinski definition) is 2. The van der Waals surface area contributed by atoms with E-state index in [9.17, 15) is 14.0 Å². The van der Waals surface area contributed by atoms with E-state index in [4.69, 9.17) is 11.6 Å². The maximum absolute atomic E-state index is 13.7. The van der Waals surface area contributed by atoms with Gasteiger partial charge in [0.1, 0.15) is 5.82 Å². The fourth-order valence-electron chi connectivity index (χ4n) is 2.27. The quantitative estimate of drug-likeness (QED) is 0.702. The van der Waals surface area contributed by atoms with E-state index in [1.54, 1.807) is 24.3 Å². The molecule has 2 aromatic carbocycles. The number of halogens is 3. The van der Waals surface area contributed by atoms with Crippen molar-refractivity contribution in [3.63, 3.8) is 0 Å². The van der Waals surface area contributed by atoms with E-state index in [1.807, 2.05) is 0 Å².